The molecule has 0 saturated heterocycles. The second-order valence-corrected chi connectivity index (χ2v) is 9.25. The first-order chi connectivity index (χ1) is 14.3. The Balaban J connectivity index is 1.91. The first kappa shape index (κ1) is 21.9. The van der Waals surface area contributed by atoms with E-state index in [1.807, 2.05) is 56.3 Å². The van der Waals surface area contributed by atoms with E-state index in [0.717, 1.165) is 15.4 Å². The van der Waals surface area contributed by atoms with E-state index in [9.17, 15) is 13.2 Å². The molecule has 0 spiro atoms. The molecule has 5 nitrogen and oxygen atoms in total. The lowest BCUT2D eigenvalue weighted by Crippen LogP contribution is -2.41. The topological polar surface area (TPSA) is 66.5 Å². The number of benzene rings is 3. The number of anilines is 1. The van der Waals surface area contributed by atoms with E-state index in [1.165, 1.54) is 24.3 Å². The van der Waals surface area contributed by atoms with Gasteiger partial charge in [-0.25, -0.2) is 8.42 Å². The molecule has 0 saturated carbocycles. The highest BCUT2D eigenvalue weighted by atomic mass is 35.5. The van der Waals surface area contributed by atoms with Crippen LogP contribution in [0, 0.1) is 6.92 Å². The molecule has 0 fully saturated rings. The lowest BCUT2D eigenvalue weighted by atomic mass is 10.1. The second-order valence-electron chi connectivity index (χ2n) is 6.95. The van der Waals surface area contributed by atoms with Gasteiger partial charge in [0, 0.05) is 5.02 Å². The van der Waals surface area contributed by atoms with Gasteiger partial charge in [-0.15, -0.1) is 0 Å². The van der Waals surface area contributed by atoms with Crippen molar-refractivity contribution in [3.8, 4) is 0 Å². The largest absolute Gasteiger partial charge is 0.348 e. The molecule has 0 aliphatic carbocycles. The molecule has 7 heteroatoms. The maximum Gasteiger partial charge on any atom is 0.264 e. The van der Waals surface area contributed by atoms with E-state index < -0.39 is 15.9 Å². The molecular weight excluding hydrogens is 420 g/mol. The fraction of sp³-hybridized carbons (Fsp3) is 0.174. The van der Waals surface area contributed by atoms with Crippen LogP contribution < -0.4 is 9.62 Å². The number of carbonyl (C=O) groups is 1. The summed E-state index contributed by atoms with van der Waals surface area (Å²) in [5.41, 5.74) is 2.14. The average molecular weight is 443 g/mol. The first-order valence-electron chi connectivity index (χ1n) is 9.47. The third-order valence-corrected chi connectivity index (χ3v) is 6.78. The molecule has 1 atom stereocenters. The third kappa shape index (κ3) is 5.01. The standard InChI is InChI=1S/C23H23ClN2O3S/c1-17-8-6-7-11-22(17)26(30(28,29)21-14-12-20(24)13-15-21)16-23(27)25-18(2)19-9-4-3-5-10-19/h3-15,18H,16H2,1-2H3,(H,25,27)/t18-/m0/s1. The molecule has 1 N–H and O–H groups in total. The van der Waals surface area contributed by atoms with Crippen LogP contribution in [-0.4, -0.2) is 20.9 Å². The molecule has 0 bridgehead atoms. The van der Waals surface area contributed by atoms with E-state index in [0.29, 0.717) is 10.7 Å². The van der Waals surface area contributed by atoms with Crippen LogP contribution in [0.1, 0.15) is 24.1 Å². The minimum Gasteiger partial charge on any atom is -0.348 e. The predicted molar refractivity (Wildman–Crippen MR) is 120 cm³/mol. The summed E-state index contributed by atoms with van der Waals surface area (Å²) in [5, 5.41) is 3.32. The van der Waals surface area contributed by atoms with Crippen molar-refractivity contribution in [3.63, 3.8) is 0 Å². The van der Waals surface area contributed by atoms with E-state index >= 15 is 0 Å². The van der Waals surface area contributed by atoms with Crippen molar-refractivity contribution in [2.75, 3.05) is 10.8 Å². The molecule has 0 heterocycles. The molecule has 0 aliphatic rings. The summed E-state index contributed by atoms with van der Waals surface area (Å²) in [7, 11) is -3.98. The maximum absolute atomic E-state index is 13.4. The highest BCUT2D eigenvalue weighted by Gasteiger charge is 2.28. The summed E-state index contributed by atoms with van der Waals surface area (Å²) in [6.07, 6.45) is 0. The van der Waals surface area contributed by atoms with Gasteiger partial charge in [0.05, 0.1) is 16.6 Å². The third-order valence-electron chi connectivity index (χ3n) is 4.75. The Morgan fingerprint density at radius 2 is 1.57 bits per heavy atom. The van der Waals surface area contributed by atoms with Crippen LogP contribution >= 0.6 is 11.6 Å². The Bertz CT molecular complexity index is 1120. The maximum atomic E-state index is 13.4. The van der Waals surface area contributed by atoms with Gasteiger partial charge in [0.2, 0.25) is 5.91 Å². The number of nitrogens with one attached hydrogen (secondary N) is 1. The zero-order chi connectivity index (χ0) is 21.7. The van der Waals surface area contributed by atoms with Crippen LogP contribution in [0.5, 0.6) is 0 Å². The van der Waals surface area contributed by atoms with Gasteiger partial charge in [0.1, 0.15) is 6.54 Å². The summed E-state index contributed by atoms with van der Waals surface area (Å²) in [4.78, 5) is 12.9. The average Bonchev–Trinajstić information content (AvgIpc) is 2.73. The molecule has 0 radical (unpaired) electrons. The molecule has 0 aliphatic heterocycles. The Kier molecular flexibility index (Phi) is 6.80. The van der Waals surface area contributed by atoms with Gasteiger partial charge in [0.15, 0.2) is 0 Å². The Labute approximate surface area is 182 Å². The van der Waals surface area contributed by atoms with Crippen LogP contribution in [0.2, 0.25) is 5.02 Å². The number of rotatable bonds is 7. The molecule has 0 aromatic heterocycles. The zero-order valence-electron chi connectivity index (χ0n) is 16.7. The van der Waals surface area contributed by atoms with Crippen molar-refractivity contribution in [2.24, 2.45) is 0 Å². The number of sulfonamides is 1. The molecule has 3 aromatic rings. The van der Waals surface area contributed by atoms with Crippen LogP contribution in [-0.2, 0) is 14.8 Å². The van der Waals surface area contributed by atoms with Crippen molar-refractivity contribution in [1.82, 2.24) is 5.32 Å². The van der Waals surface area contributed by atoms with Gasteiger partial charge >= 0.3 is 0 Å². The van der Waals surface area contributed by atoms with E-state index in [1.54, 1.807) is 12.1 Å². The number of para-hydroxylation sites is 1. The number of nitrogens with zero attached hydrogens (tertiary/aromatic N) is 1. The summed E-state index contributed by atoms with van der Waals surface area (Å²) in [6.45, 7) is 3.33. The minimum absolute atomic E-state index is 0.0686. The number of amides is 1. The van der Waals surface area contributed by atoms with Gasteiger partial charge in [-0.2, -0.15) is 0 Å². The summed E-state index contributed by atoms with van der Waals surface area (Å²) >= 11 is 5.91. The second kappa shape index (κ2) is 9.32. The summed E-state index contributed by atoms with van der Waals surface area (Å²) < 4.78 is 27.9. The Morgan fingerprint density at radius 3 is 2.20 bits per heavy atom. The molecule has 0 unspecified atom stereocenters. The molecule has 1 amide bonds. The van der Waals surface area contributed by atoms with Crippen molar-refractivity contribution in [3.05, 3.63) is 95.0 Å². The van der Waals surface area contributed by atoms with Crippen molar-refractivity contribution >= 4 is 33.2 Å². The van der Waals surface area contributed by atoms with Crippen molar-refractivity contribution in [1.29, 1.82) is 0 Å². The molecular formula is C23H23ClN2O3S. The molecule has 156 valence electrons. The highest BCUT2D eigenvalue weighted by Crippen LogP contribution is 2.27. The number of hydrogen-bond acceptors (Lipinski definition) is 3. The summed E-state index contributed by atoms with van der Waals surface area (Å²) in [6, 6.07) is 22.2. The molecule has 30 heavy (non-hydrogen) atoms. The zero-order valence-corrected chi connectivity index (χ0v) is 18.3. The van der Waals surface area contributed by atoms with Crippen LogP contribution in [0.4, 0.5) is 5.69 Å². The quantitative estimate of drug-likeness (QED) is 0.575. The SMILES string of the molecule is Cc1ccccc1N(CC(=O)N[C@@H](C)c1ccccc1)S(=O)(=O)c1ccc(Cl)cc1. The predicted octanol–water partition coefficient (Wildman–Crippen LogP) is 4.72. The molecule has 3 rings (SSSR count). The van der Waals surface area contributed by atoms with Crippen LogP contribution in [0.3, 0.4) is 0 Å². The smallest absolute Gasteiger partial charge is 0.264 e. The van der Waals surface area contributed by atoms with Gasteiger partial charge in [-0.05, 0) is 55.3 Å². The number of aryl methyl sites for hydroxylation is 1. The van der Waals surface area contributed by atoms with Gasteiger partial charge in [0.25, 0.3) is 10.0 Å². The van der Waals surface area contributed by atoms with Crippen molar-refractivity contribution in [2.45, 2.75) is 24.8 Å². The van der Waals surface area contributed by atoms with Gasteiger partial charge < -0.3 is 5.32 Å². The number of halogens is 1. The number of hydrogen-bond donors (Lipinski definition) is 1. The van der Waals surface area contributed by atoms with E-state index in [-0.39, 0.29) is 17.5 Å². The summed E-state index contributed by atoms with van der Waals surface area (Å²) in [5.74, 6) is -0.396. The van der Waals surface area contributed by atoms with Gasteiger partial charge in [-0.1, -0.05) is 60.1 Å². The first-order valence-corrected chi connectivity index (χ1v) is 11.3. The minimum atomic E-state index is -3.98. The monoisotopic (exact) mass is 442 g/mol. The molecule has 3 aromatic carbocycles. The van der Waals surface area contributed by atoms with Crippen molar-refractivity contribution < 1.29 is 13.2 Å². The fourth-order valence-electron chi connectivity index (χ4n) is 3.12. The Hall–Kier alpha value is -2.83. The van der Waals surface area contributed by atoms with Crippen LogP contribution in [0.25, 0.3) is 0 Å². The van der Waals surface area contributed by atoms with E-state index in [2.05, 4.69) is 5.32 Å². The number of carbonyl (C=O) groups excluding carboxylic acids is 1. The van der Waals surface area contributed by atoms with Gasteiger partial charge in [-0.3, -0.25) is 9.10 Å². The lowest BCUT2D eigenvalue weighted by molar-refractivity contribution is -0.120. The normalized spacial score (nSPS) is 12.2. The van der Waals surface area contributed by atoms with E-state index in [4.69, 9.17) is 11.6 Å². The lowest BCUT2D eigenvalue weighted by Gasteiger charge is -2.26. The highest BCUT2D eigenvalue weighted by molar-refractivity contribution is 7.92. The fourth-order valence-corrected chi connectivity index (χ4v) is 4.73. The Morgan fingerprint density at radius 1 is 0.967 bits per heavy atom. The van der Waals surface area contributed by atoms with Crippen LogP contribution in [0.15, 0.2) is 83.8 Å².